The Labute approximate surface area is 184 Å². The fraction of sp³-hybridized carbons (Fsp3) is 0.300. The van der Waals surface area contributed by atoms with E-state index in [1.54, 1.807) is 17.0 Å². The number of nitrogens with one attached hydrogen (secondary N) is 1. The van der Waals surface area contributed by atoms with E-state index in [2.05, 4.69) is 20.7 Å². The number of hydrogen-bond donors (Lipinski definition) is 4. The fourth-order valence-electron chi connectivity index (χ4n) is 2.91. The van der Waals surface area contributed by atoms with Gasteiger partial charge in [0.05, 0.1) is 49.9 Å². The van der Waals surface area contributed by atoms with Crippen molar-refractivity contribution in [3.63, 3.8) is 0 Å². The van der Waals surface area contributed by atoms with Crippen LogP contribution in [-0.2, 0) is 4.99 Å². The molecule has 0 aromatic heterocycles. The molecule has 0 aliphatic carbocycles. The minimum Gasteiger partial charge on any atom is -0.494 e. The third kappa shape index (κ3) is 5.60. The molecule has 0 amide bonds. The lowest BCUT2D eigenvalue weighted by Gasteiger charge is -2.25. The number of benzene rings is 2. The first-order valence-corrected chi connectivity index (χ1v) is 9.25. The summed E-state index contributed by atoms with van der Waals surface area (Å²) in [4.78, 5) is 5.55. The summed E-state index contributed by atoms with van der Waals surface area (Å²) >= 11 is 0. The molecule has 0 atom stereocenters. The molecule has 168 valence electrons. The monoisotopic (exact) mass is 442 g/mol. The molecule has 32 heavy (non-hydrogen) atoms. The van der Waals surface area contributed by atoms with Crippen molar-refractivity contribution in [3.8, 4) is 23.6 Å². The molecule has 12 heteroatoms. The number of ether oxygens (including phenoxy) is 2. The average molecular weight is 442 g/mol. The summed E-state index contributed by atoms with van der Waals surface area (Å²) in [5.41, 5.74) is 3.20. The molecule has 0 unspecified atom stereocenters. The molecule has 0 heterocycles. The van der Waals surface area contributed by atoms with Crippen LogP contribution in [0.5, 0.6) is 11.5 Å². The summed E-state index contributed by atoms with van der Waals surface area (Å²) in [5, 5.41) is 54.2. The highest BCUT2D eigenvalue weighted by molar-refractivity contribution is 5.71. The van der Waals surface area contributed by atoms with Crippen molar-refractivity contribution in [2.75, 3.05) is 50.9 Å². The van der Waals surface area contributed by atoms with Gasteiger partial charge in [-0.15, -0.1) is 15.2 Å². The number of nitriles is 2. The first kappa shape index (κ1) is 24.3. The van der Waals surface area contributed by atoms with Crippen LogP contribution in [0.4, 0.5) is 22.7 Å². The molecule has 0 saturated heterocycles. The van der Waals surface area contributed by atoms with Crippen LogP contribution in [0.25, 0.3) is 0 Å². The molecule has 0 spiro atoms. The molecule has 2 rings (SSSR count). The van der Waals surface area contributed by atoms with Gasteiger partial charge in [0.15, 0.2) is 0 Å². The van der Waals surface area contributed by atoms with Gasteiger partial charge in [0, 0.05) is 25.2 Å². The zero-order valence-electron chi connectivity index (χ0n) is 17.4. The van der Waals surface area contributed by atoms with E-state index >= 15 is 0 Å². The molecule has 2 aromatic carbocycles. The lowest BCUT2D eigenvalue weighted by Crippen LogP contribution is -2.30. The van der Waals surface area contributed by atoms with Crippen molar-refractivity contribution in [2.45, 2.75) is 0 Å². The van der Waals surface area contributed by atoms with Gasteiger partial charge < -0.3 is 24.6 Å². The molecule has 4 N–H and O–H groups in total. The van der Waals surface area contributed by atoms with Gasteiger partial charge in [-0.05, 0) is 12.1 Å². The molecule has 0 aliphatic rings. The van der Waals surface area contributed by atoms with Crippen molar-refractivity contribution in [3.05, 3.63) is 35.4 Å². The Hall–Kier alpha value is -3.94. The van der Waals surface area contributed by atoms with Crippen LogP contribution >= 0.6 is 0 Å². The Morgan fingerprint density at radius 3 is 2.00 bits per heavy atom. The van der Waals surface area contributed by atoms with E-state index in [0.717, 1.165) is 0 Å². The fourth-order valence-corrected chi connectivity index (χ4v) is 2.91. The van der Waals surface area contributed by atoms with Crippen LogP contribution in [0.2, 0.25) is 0 Å². The maximum absolute atomic E-state index is 9.43. The average Bonchev–Trinajstić information content (AvgIpc) is 2.82. The Balaban J connectivity index is 2.56. The zero-order chi connectivity index (χ0) is 23.5. The Kier molecular flexibility index (Phi) is 9.16. The normalized spacial score (nSPS) is 10.5. The Bertz CT molecular complexity index is 1010. The molecular weight excluding hydrogens is 420 g/mol. The highest BCUT2D eigenvalue weighted by Gasteiger charge is 2.17. The SMILES string of the molecule is COc1cc(N(CCO)CCO)c(OC)cc1N=Nc1c(C#N)cc(NOO)cc1C#N. The van der Waals surface area contributed by atoms with Crippen LogP contribution in [0.1, 0.15) is 11.1 Å². The quantitative estimate of drug-likeness (QED) is 0.230. The van der Waals surface area contributed by atoms with Gasteiger partial charge in [-0.3, -0.25) is 0 Å². The third-order valence-electron chi connectivity index (χ3n) is 4.33. The summed E-state index contributed by atoms with van der Waals surface area (Å²) in [7, 11) is 2.89. The van der Waals surface area contributed by atoms with Crippen molar-refractivity contribution in [1.82, 2.24) is 0 Å². The largest absolute Gasteiger partial charge is 0.494 e. The lowest BCUT2D eigenvalue weighted by molar-refractivity contribution is -0.215. The Morgan fingerprint density at radius 1 is 0.938 bits per heavy atom. The van der Waals surface area contributed by atoms with E-state index in [-0.39, 0.29) is 54.5 Å². The van der Waals surface area contributed by atoms with Crippen LogP contribution < -0.4 is 19.9 Å². The molecule has 0 radical (unpaired) electrons. The molecule has 0 bridgehead atoms. The second-order valence-corrected chi connectivity index (χ2v) is 6.17. The summed E-state index contributed by atoms with van der Waals surface area (Å²) < 4.78 is 10.8. The van der Waals surface area contributed by atoms with Crippen LogP contribution in [0, 0.1) is 22.7 Å². The number of anilines is 2. The van der Waals surface area contributed by atoms with E-state index in [1.165, 1.54) is 26.4 Å². The molecule has 0 fully saturated rings. The van der Waals surface area contributed by atoms with E-state index < -0.39 is 0 Å². The molecule has 0 saturated carbocycles. The third-order valence-corrected chi connectivity index (χ3v) is 4.33. The summed E-state index contributed by atoms with van der Waals surface area (Å²) in [6, 6.07) is 9.66. The number of hydrogen-bond acceptors (Lipinski definition) is 12. The van der Waals surface area contributed by atoms with E-state index in [1.807, 2.05) is 12.1 Å². The second kappa shape index (κ2) is 12.0. The molecule has 0 aliphatic heterocycles. The van der Waals surface area contributed by atoms with Crippen molar-refractivity contribution in [2.24, 2.45) is 10.2 Å². The summed E-state index contributed by atoms with van der Waals surface area (Å²) in [6.07, 6.45) is 0. The second-order valence-electron chi connectivity index (χ2n) is 6.17. The van der Waals surface area contributed by atoms with E-state index in [0.29, 0.717) is 17.2 Å². The van der Waals surface area contributed by atoms with Gasteiger partial charge in [-0.25, -0.2) is 10.7 Å². The minimum absolute atomic E-state index is 0.0192. The number of aliphatic hydroxyl groups excluding tert-OH is 2. The van der Waals surface area contributed by atoms with Gasteiger partial charge in [-0.1, -0.05) is 0 Å². The summed E-state index contributed by atoms with van der Waals surface area (Å²) in [6.45, 7) is 0.256. The number of aliphatic hydroxyl groups is 2. The topological polar surface area (TPSA) is 176 Å². The molecular formula is C20H22N6O6. The van der Waals surface area contributed by atoms with Gasteiger partial charge in [0.25, 0.3) is 0 Å². The zero-order valence-corrected chi connectivity index (χ0v) is 17.4. The number of rotatable bonds is 11. The van der Waals surface area contributed by atoms with Crippen LogP contribution in [0.3, 0.4) is 0 Å². The van der Waals surface area contributed by atoms with Crippen molar-refractivity contribution in [1.29, 1.82) is 10.5 Å². The smallest absolute Gasteiger partial charge is 0.148 e. The van der Waals surface area contributed by atoms with Crippen molar-refractivity contribution >= 4 is 22.7 Å². The van der Waals surface area contributed by atoms with Crippen molar-refractivity contribution < 1.29 is 29.9 Å². The van der Waals surface area contributed by atoms with Gasteiger partial charge >= 0.3 is 0 Å². The predicted molar refractivity (Wildman–Crippen MR) is 113 cm³/mol. The van der Waals surface area contributed by atoms with Gasteiger partial charge in [-0.2, -0.15) is 10.5 Å². The number of methoxy groups -OCH3 is 2. The molecule has 2 aromatic rings. The molecule has 12 nitrogen and oxygen atoms in total. The minimum atomic E-state index is -0.132. The number of nitrogens with zero attached hydrogens (tertiary/aromatic N) is 5. The highest BCUT2D eigenvalue weighted by atomic mass is 17.2. The lowest BCUT2D eigenvalue weighted by atomic mass is 10.1. The summed E-state index contributed by atoms with van der Waals surface area (Å²) in [5.74, 6) is 0.705. The van der Waals surface area contributed by atoms with E-state index in [4.69, 9.17) is 14.7 Å². The Morgan fingerprint density at radius 2 is 1.53 bits per heavy atom. The highest BCUT2D eigenvalue weighted by Crippen LogP contribution is 2.41. The maximum Gasteiger partial charge on any atom is 0.148 e. The number of azo groups is 1. The van der Waals surface area contributed by atoms with Gasteiger partial charge in [0.1, 0.15) is 35.0 Å². The van der Waals surface area contributed by atoms with Gasteiger partial charge in [0.2, 0.25) is 0 Å². The maximum atomic E-state index is 9.43. The first-order valence-electron chi connectivity index (χ1n) is 9.25. The van der Waals surface area contributed by atoms with Crippen LogP contribution in [0.15, 0.2) is 34.5 Å². The van der Waals surface area contributed by atoms with E-state index in [9.17, 15) is 20.7 Å². The first-order chi connectivity index (χ1) is 15.6. The standard InChI is InChI=1S/C20H22N6O6/c1-30-18-10-17(26(3-5-27)4-6-28)19(31-2)9-16(18)23-24-20-13(11-21)7-15(25-32-29)8-14(20)12-22/h7-10,25,27-29H,3-6H2,1-2H3. The predicted octanol–water partition coefficient (Wildman–Crippen LogP) is 2.47. The van der Waals surface area contributed by atoms with Crippen LogP contribution in [-0.4, -0.2) is 56.0 Å².